The number of halogens is 1. The molecule has 0 unspecified atom stereocenters. The number of ether oxygens (including phenoxy) is 1. The normalized spacial score (nSPS) is 11.1. The Morgan fingerprint density at radius 2 is 1.80 bits per heavy atom. The van der Waals surface area contributed by atoms with Gasteiger partial charge in [0, 0.05) is 12.8 Å². The fourth-order valence-corrected chi connectivity index (χ4v) is 1.56. The van der Waals surface area contributed by atoms with Crippen molar-refractivity contribution in [1.29, 1.82) is 0 Å². The van der Waals surface area contributed by atoms with Crippen LogP contribution in [0.15, 0.2) is 0 Å². The minimum atomic E-state index is -1.01. The van der Waals surface area contributed by atoms with Crippen LogP contribution in [0.2, 0.25) is 0 Å². The third-order valence-corrected chi connectivity index (χ3v) is 2.56. The van der Waals surface area contributed by atoms with E-state index in [0.29, 0.717) is 6.42 Å². The molecule has 0 aliphatic carbocycles. The highest BCUT2D eigenvalue weighted by Gasteiger charge is 2.22. The molecule has 0 spiro atoms. The van der Waals surface area contributed by atoms with Crippen molar-refractivity contribution in [3.05, 3.63) is 0 Å². The predicted octanol–water partition coefficient (Wildman–Crippen LogP) is -1.52. The topological polar surface area (TPSA) is 92.7 Å². The van der Waals surface area contributed by atoms with Gasteiger partial charge >= 0.3 is 11.9 Å². The van der Waals surface area contributed by atoms with Crippen LogP contribution in [-0.4, -0.2) is 35.6 Å². The smallest absolute Gasteiger partial charge is 0.328 e. The Hall–Kier alpha value is -1.11. The van der Waals surface area contributed by atoms with Crippen LogP contribution >= 0.6 is 0 Å². The van der Waals surface area contributed by atoms with E-state index in [1.54, 1.807) is 6.92 Å². The first kappa shape index (κ1) is 21.2. The summed E-state index contributed by atoms with van der Waals surface area (Å²) in [5.74, 6) is -1.82. The number of rotatable bonds is 10. The number of amides is 1. The fraction of sp³-hybridized carbons (Fsp3) is 0.769. The largest absolute Gasteiger partial charge is 1.00 e. The lowest BCUT2D eigenvalue weighted by Gasteiger charge is -2.16. The maximum Gasteiger partial charge on any atom is 0.328 e. The highest BCUT2D eigenvalue weighted by molar-refractivity contribution is 5.84. The summed E-state index contributed by atoms with van der Waals surface area (Å²) in [7, 11) is 0. The van der Waals surface area contributed by atoms with Gasteiger partial charge in [-0.15, -0.1) is 0 Å². The quantitative estimate of drug-likeness (QED) is 0.368. The Morgan fingerprint density at radius 3 is 2.30 bits per heavy atom. The van der Waals surface area contributed by atoms with Crippen molar-refractivity contribution in [2.24, 2.45) is 0 Å². The summed E-state index contributed by atoms with van der Waals surface area (Å²) in [5, 5.41) is 11.2. The van der Waals surface area contributed by atoms with Gasteiger partial charge in [-0.1, -0.05) is 19.8 Å². The van der Waals surface area contributed by atoms with Gasteiger partial charge in [0.2, 0.25) is 5.91 Å². The van der Waals surface area contributed by atoms with Gasteiger partial charge in [-0.3, -0.25) is 9.59 Å². The summed E-state index contributed by atoms with van der Waals surface area (Å²) in [6, 6.07) is -0.870. The molecule has 1 atom stereocenters. The predicted molar refractivity (Wildman–Crippen MR) is 69.6 cm³/mol. The van der Waals surface area contributed by atoms with Crippen LogP contribution in [0.3, 0.4) is 0 Å². The third kappa shape index (κ3) is 10.8. The summed E-state index contributed by atoms with van der Waals surface area (Å²) in [5.41, 5.74) is 0. The molecule has 0 heterocycles. The molecule has 0 fully saturated rings. The Labute approximate surface area is 130 Å². The van der Waals surface area contributed by atoms with Gasteiger partial charge in [0.1, 0.15) is 6.04 Å². The van der Waals surface area contributed by atoms with Crippen LogP contribution in [0.5, 0.6) is 0 Å². The Bertz CT molecular complexity index is 309. The second-order valence-electron chi connectivity index (χ2n) is 4.26. The lowest BCUT2D eigenvalue weighted by molar-refractivity contribution is -0.148. The zero-order valence-electron chi connectivity index (χ0n) is 12.0. The van der Waals surface area contributed by atoms with Crippen LogP contribution in [0, 0.1) is 0 Å². The number of hydrogen-bond donors (Lipinski definition) is 2. The average Bonchev–Trinajstić information content (AvgIpc) is 2.34. The molecule has 0 saturated heterocycles. The SMILES string of the molecule is CCCCCC(=O)N[C@@H](CCC(=O)O)C(=O)OCC.[Br-]. The average molecular weight is 353 g/mol. The number of carboxylic acids is 1. The van der Waals surface area contributed by atoms with Crippen molar-refractivity contribution in [1.82, 2.24) is 5.32 Å². The molecule has 0 bridgehead atoms. The molecule has 7 heteroatoms. The molecular formula is C13H23BrNO5-. The van der Waals surface area contributed by atoms with E-state index in [-0.39, 0.29) is 42.3 Å². The fourth-order valence-electron chi connectivity index (χ4n) is 1.56. The Morgan fingerprint density at radius 1 is 1.15 bits per heavy atom. The van der Waals surface area contributed by atoms with Gasteiger partial charge in [-0.2, -0.15) is 0 Å². The van der Waals surface area contributed by atoms with Gasteiger partial charge in [0.15, 0.2) is 0 Å². The number of hydrogen-bond acceptors (Lipinski definition) is 4. The van der Waals surface area contributed by atoms with Gasteiger partial charge in [0.05, 0.1) is 6.61 Å². The summed E-state index contributed by atoms with van der Waals surface area (Å²) >= 11 is 0. The lowest BCUT2D eigenvalue weighted by atomic mass is 10.1. The molecule has 118 valence electrons. The summed E-state index contributed by atoms with van der Waals surface area (Å²) in [6.07, 6.45) is 2.93. The van der Waals surface area contributed by atoms with E-state index in [1.165, 1.54) is 0 Å². The minimum Gasteiger partial charge on any atom is -1.00 e. The highest BCUT2D eigenvalue weighted by atomic mass is 79.9. The number of unbranched alkanes of at least 4 members (excludes halogenated alkanes) is 2. The van der Waals surface area contributed by atoms with Crippen molar-refractivity contribution in [2.45, 2.75) is 58.4 Å². The molecule has 0 aromatic heterocycles. The summed E-state index contributed by atoms with van der Waals surface area (Å²) < 4.78 is 4.82. The monoisotopic (exact) mass is 352 g/mol. The first-order valence-electron chi connectivity index (χ1n) is 6.69. The Balaban J connectivity index is 0. The van der Waals surface area contributed by atoms with E-state index in [2.05, 4.69) is 5.32 Å². The Kier molecular flexibility index (Phi) is 13.7. The summed E-state index contributed by atoms with van der Waals surface area (Å²) in [4.78, 5) is 33.7. The van der Waals surface area contributed by atoms with Crippen molar-refractivity contribution >= 4 is 17.8 Å². The third-order valence-electron chi connectivity index (χ3n) is 2.56. The van der Waals surface area contributed by atoms with Crippen molar-refractivity contribution in [2.75, 3.05) is 6.61 Å². The van der Waals surface area contributed by atoms with Gasteiger partial charge in [-0.05, 0) is 19.8 Å². The number of carboxylic acid groups (broad SMARTS) is 1. The zero-order valence-corrected chi connectivity index (χ0v) is 13.6. The van der Waals surface area contributed by atoms with Crippen LogP contribution in [0.4, 0.5) is 0 Å². The number of esters is 1. The molecule has 2 N–H and O–H groups in total. The first-order chi connectivity index (χ1) is 9.01. The van der Waals surface area contributed by atoms with E-state index in [1.807, 2.05) is 6.92 Å². The molecule has 0 aliphatic rings. The maximum atomic E-state index is 11.6. The minimum absolute atomic E-state index is 0. The number of carbonyl (C=O) groups is 3. The molecule has 0 aromatic rings. The molecular weight excluding hydrogens is 330 g/mol. The van der Waals surface area contributed by atoms with E-state index < -0.39 is 18.0 Å². The molecule has 0 aromatic carbocycles. The van der Waals surface area contributed by atoms with Gasteiger partial charge in [0.25, 0.3) is 0 Å². The molecule has 6 nitrogen and oxygen atoms in total. The molecule has 1 amide bonds. The second kappa shape index (κ2) is 12.9. The molecule has 0 saturated carbocycles. The molecule has 0 rings (SSSR count). The lowest BCUT2D eigenvalue weighted by Crippen LogP contribution is -3.00. The number of carbonyl (C=O) groups excluding carboxylic acids is 2. The molecule has 20 heavy (non-hydrogen) atoms. The van der Waals surface area contributed by atoms with Crippen LogP contribution < -0.4 is 22.3 Å². The van der Waals surface area contributed by atoms with E-state index in [4.69, 9.17) is 9.84 Å². The number of nitrogens with one attached hydrogen (secondary N) is 1. The van der Waals surface area contributed by atoms with E-state index in [9.17, 15) is 14.4 Å². The van der Waals surface area contributed by atoms with E-state index >= 15 is 0 Å². The maximum absolute atomic E-state index is 11.6. The molecule has 0 aliphatic heterocycles. The number of aliphatic carboxylic acids is 1. The van der Waals surface area contributed by atoms with E-state index in [0.717, 1.165) is 19.3 Å². The summed E-state index contributed by atoms with van der Waals surface area (Å²) in [6.45, 7) is 3.90. The zero-order chi connectivity index (χ0) is 14.7. The first-order valence-corrected chi connectivity index (χ1v) is 6.69. The standard InChI is InChI=1S/C13H23NO5.BrH/c1-3-5-6-7-11(15)14-10(8-9-12(16)17)13(18)19-4-2;/h10H,3-9H2,1-2H3,(H,14,15)(H,16,17);1H/p-1/t10-;/m0./s1. The van der Waals surface area contributed by atoms with Crippen LogP contribution in [-0.2, 0) is 19.1 Å². The van der Waals surface area contributed by atoms with Crippen LogP contribution in [0.1, 0.15) is 52.4 Å². The van der Waals surface area contributed by atoms with Gasteiger partial charge < -0.3 is 32.1 Å². The molecule has 0 radical (unpaired) electrons. The van der Waals surface area contributed by atoms with Crippen molar-refractivity contribution in [3.63, 3.8) is 0 Å². The van der Waals surface area contributed by atoms with Gasteiger partial charge in [-0.25, -0.2) is 4.79 Å². The van der Waals surface area contributed by atoms with Crippen LogP contribution in [0.25, 0.3) is 0 Å². The van der Waals surface area contributed by atoms with Crippen molar-refractivity contribution in [3.8, 4) is 0 Å². The van der Waals surface area contributed by atoms with Crippen molar-refractivity contribution < 1.29 is 41.2 Å². The second-order valence-corrected chi connectivity index (χ2v) is 4.26. The highest BCUT2D eigenvalue weighted by Crippen LogP contribution is 2.04.